The number of carbonyl (C=O) groups excluding carboxylic acids is 2. The Bertz CT molecular complexity index is 963. The Morgan fingerprint density at radius 1 is 1.17 bits per heavy atom. The zero-order valence-corrected chi connectivity index (χ0v) is 17.8. The Morgan fingerprint density at radius 3 is 2.53 bits per heavy atom. The molecule has 0 bridgehead atoms. The van der Waals surface area contributed by atoms with Crippen LogP contribution in [0.4, 0.5) is 11.4 Å². The maximum atomic E-state index is 12.9. The minimum atomic E-state index is -0.548. The first-order valence-electron chi connectivity index (χ1n) is 9.17. The van der Waals surface area contributed by atoms with Crippen LogP contribution in [-0.4, -0.2) is 60.7 Å². The zero-order valence-electron chi connectivity index (χ0n) is 16.2. The summed E-state index contributed by atoms with van der Waals surface area (Å²) >= 11 is 7.06. The monoisotopic (exact) mass is 449 g/mol. The molecule has 0 atom stereocenters. The van der Waals surface area contributed by atoms with Crippen molar-refractivity contribution >= 4 is 46.6 Å². The summed E-state index contributed by atoms with van der Waals surface area (Å²) in [7, 11) is 1.26. The summed E-state index contributed by atoms with van der Waals surface area (Å²) in [6.07, 6.45) is 0. The molecule has 0 unspecified atom stereocenters. The van der Waals surface area contributed by atoms with Gasteiger partial charge in [-0.25, -0.2) is 0 Å². The van der Waals surface area contributed by atoms with Crippen molar-refractivity contribution in [3.8, 4) is 0 Å². The molecule has 0 saturated carbocycles. The van der Waals surface area contributed by atoms with Gasteiger partial charge in [-0.1, -0.05) is 17.7 Å². The number of nitrogens with zero attached hydrogens (tertiary/aromatic N) is 3. The van der Waals surface area contributed by atoms with E-state index in [-0.39, 0.29) is 22.9 Å². The predicted molar refractivity (Wildman–Crippen MR) is 115 cm³/mol. The number of ether oxygens (including phenoxy) is 1. The third-order valence-electron chi connectivity index (χ3n) is 4.72. The van der Waals surface area contributed by atoms with E-state index >= 15 is 0 Å². The predicted octanol–water partition coefficient (Wildman–Crippen LogP) is 3.48. The van der Waals surface area contributed by atoms with E-state index < -0.39 is 10.9 Å². The van der Waals surface area contributed by atoms with Gasteiger partial charge >= 0.3 is 5.97 Å². The molecule has 30 heavy (non-hydrogen) atoms. The number of thioether (sulfide) groups is 1. The van der Waals surface area contributed by atoms with Crippen molar-refractivity contribution in [3.05, 3.63) is 63.2 Å². The number of methoxy groups -OCH3 is 1. The molecule has 3 rings (SSSR count). The fourth-order valence-electron chi connectivity index (χ4n) is 3.13. The number of hydrogen-bond acceptors (Lipinski definition) is 7. The Morgan fingerprint density at radius 2 is 1.90 bits per heavy atom. The molecule has 2 aromatic carbocycles. The fourth-order valence-corrected chi connectivity index (χ4v) is 4.16. The van der Waals surface area contributed by atoms with Crippen molar-refractivity contribution in [1.29, 1.82) is 0 Å². The van der Waals surface area contributed by atoms with Crippen molar-refractivity contribution in [2.75, 3.05) is 43.9 Å². The lowest BCUT2D eigenvalue weighted by molar-refractivity contribution is -0.387. The molecule has 2 aromatic rings. The molecule has 1 aliphatic rings. The molecule has 158 valence electrons. The van der Waals surface area contributed by atoms with Crippen LogP contribution in [0.15, 0.2) is 47.4 Å². The average molecular weight is 450 g/mol. The molecule has 0 aliphatic carbocycles. The molecule has 0 spiro atoms. The van der Waals surface area contributed by atoms with E-state index in [4.69, 9.17) is 11.6 Å². The zero-order chi connectivity index (χ0) is 21.7. The van der Waals surface area contributed by atoms with Crippen molar-refractivity contribution in [1.82, 2.24) is 4.90 Å². The average Bonchev–Trinajstić information content (AvgIpc) is 2.76. The van der Waals surface area contributed by atoms with Gasteiger partial charge in [-0.15, -0.1) is 11.8 Å². The third-order valence-corrected chi connectivity index (χ3v) is 5.99. The summed E-state index contributed by atoms with van der Waals surface area (Å²) in [6, 6.07) is 11.9. The molecule has 1 heterocycles. The van der Waals surface area contributed by atoms with Gasteiger partial charge in [0, 0.05) is 48.5 Å². The lowest BCUT2D eigenvalue weighted by Crippen LogP contribution is -2.48. The van der Waals surface area contributed by atoms with Crippen molar-refractivity contribution < 1.29 is 19.2 Å². The van der Waals surface area contributed by atoms with Gasteiger partial charge < -0.3 is 14.5 Å². The second kappa shape index (κ2) is 9.82. The Labute approximate surface area is 182 Å². The van der Waals surface area contributed by atoms with E-state index in [1.807, 2.05) is 24.3 Å². The van der Waals surface area contributed by atoms with E-state index in [2.05, 4.69) is 9.64 Å². The van der Waals surface area contributed by atoms with E-state index in [1.54, 1.807) is 11.0 Å². The molecule has 10 heteroatoms. The number of anilines is 1. The summed E-state index contributed by atoms with van der Waals surface area (Å²) in [5, 5.41) is 12.1. The minimum Gasteiger partial charge on any atom is -0.468 e. The van der Waals surface area contributed by atoms with Gasteiger partial charge in [0.15, 0.2) is 0 Å². The number of hydrogen-bond donors (Lipinski definition) is 0. The van der Waals surface area contributed by atoms with Crippen LogP contribution in [0, 0.1) is 10.1 Å². The van der Waals surface area contributed by atoms with Gasteiger partial charge in [0.1, 0.15) is 0 Å². The van der Waals surface area contributed by atoms with Gasteiger partial charge in [0.05, 0.1) is 22.7 Å². The van der Waals surface area contributed by atoms with E-state index in [0.29, 0.717) is 36.1 Å². The van der Waals surface area contributed by atoms with Gasteiger partial charge in [-0.2, -0.15) is 0 Å². The first kappa shape index (κ1) is 21.9. The largest absolute Gasteiger partial charge is 0.468 e. The van der Waals surface area contributed by atoms with Crippen LogP contribution in [0.1, 0.15) is 10.4 Å². The van der Waals surface area contributed by atoms with Crippen molar-refractivity contribution in [2.24, 2.45) is 0 Å². The lowest BCUT2D eigenvalue weighted by atomic mass is 10.1. The highest BCUT2D eigenvalue weighted by Crippen LogP contribution is 2.31. The first-order valence-corrected chi connectivity index (χ1v) is 10.5. The molecule has 0 aromatic heterocycles. The number of esters is 1. The van der Waals surface area contributed by atoms with Crippen LogP contribution >= 0.6 is 23.4 Å². The van der Waals surface area contributed by atoms with Gasteiger partial charge in [0.25, 0.3) is 11.6 Å². The molecule has 8 nitrogen and oxygen atoms in total. The number of benzene rings is 2. The Balaban J connectivity index is 1.68. The van der Waals surface area contributed by atoms with Crippen molar-refractivity contribution in [3.63, 3.8) is 0 Å². The normalized spacial score (nSPS) is 13.8. The first-order chi connectivity index (χ1) is 14.4. The molecule has 0 radical (unpaired) electrons. The number of nitro groups is 1. The van der Waals surface area contributed by atoms with Crippen LogP contribution in [-0.2, 0) is 9.53 Å². The number of rotatable bonds is 6. The van der Waals surface area contributed by atoms with E-state index in [9.17, 15) is 19.7 Å². The summed E-state index contributed by atoms with van der Waals surface area (Å²) in [4.78, 5) is 39.2. The number of nitro benzene ring substituents is 1. The van der Waals surface area contributed by atoms with Crippen LogP contribution in [0.3, 0.4) is 0 Å². The van der Waals surface area contributed by atoms with Crippen LogP contribution < -0.4 is 4.90 Å². The molecule has 0 N–H and O–H groups in total. The van der Waals surface area contributed by atoms with Crippen LogP contribution in [0.5, 0.6) is 0 Å². The quantitative estimate of drug-likeness (QED) is 0.288. The number of piperazine rings is 1. The van der Waals surface area contributed by atoms with E-state index in [0.717, 1.165) is 17.4 Å². The third kappa shape index (κ3) is 5.22. The Hall–Kier alpha value is -2.78. The molecule has 1 aliphatic heterocycles. The topological polar surface area (TPSA) is 93.0 Å². The number of amides is 1. The van der Waals surface area contributed by atoms with E-state index in [1.165, 1.54) is 19.2 Å². The smallest absolute Gasteiger partial charge is 0.315 e. The second-order valence-corrected chi connectivity index (χ2v) is 8.02. The van der Waals surface area contributed by atoms with Crippen molar-refractivity contribution in [2.45, 2.75) is 4.90 Å². The summed E-state index contributed by atoms with van der Waals surface area (Å²) in [5.74, 6) is -0.781. The highest BCUT2D eigenvalue weighted by Gasteiger charge is 2.25. The molecule has 1 fully saturated rings. The molecule has 1 saturated heterocycles. The molecular weight excluding hydrogens is 430 g/mol. The SMILES string of the molecule is COC(=O)CSc1ccc(C(=O)N2CCN(c3cccc(Cl)c3)CC2)cc1[N+](=O)[O-]. The summed E-state index contributed by atoms with van der Waals surface area (Å²) < 4.78 is 4.56. The second-order valence-electron chi connectivity index (χ2n) is 6.56. The Kier molecular flexibility index (Phi) is 7.17. The molecular formula is C20H20ClN3O5S. The maximum absolute atomic E-state index is 12.9. The van der Waals surface area contributed by atoms with Crippen LogP contribution in [0.25, 0.3) is 0 Å². The molecule has 1 amide bonds. The number of carbonyl (C=O) groups is 2. The van der Waals surface area contributed by atoms with Gasteiger partial charge in [-0.3, -0.25) is 19.7 Å². The number of halogens is 1. The highest BCUT2D eigenvalue weighted by atomic mass is 35.5. The fraction of sp³-hybridized carbons (Fsp3) is 0.300. The van der Waals surface area contributed by atoms with Gasteiger partial charge in [-0.05, 0) is 30.3 Å². The highest BCUT2D eigenvalue weighted by molar-refractivity contribution is 8.00. The maximum Gasteiger partial charge on any atom is 0.315 e. The summed E-state index contributed by atoms with van der Waals surface area (Å²) in [5.41, 5.74) is 1.05. The minimum absolute atomic E-state index is 0.0455. The lowest BCUT2D eigenvalue weighted by Gasteiger charge is -2.36. The van der Waals surface area contributed by atoms with Gasteiger partial charge in [0.2, 0.25) is 0 Å². The van der Waals surface area contributed by atoms with Crippen LogP contribution in [0.2, 0.25) is 5.02 Å². The standard InChI is InChI=1S/C20H20ClN3O5S/c1-29-19(25)13-30-18-6-5-14(11-17(18)24(27)28)20(26)23-9-7-22(8-10-23)16-4-2-3-15(21)12-16/h2-6,11-12H,7-10,13H2,1H3. The summed E-state index contributed by atoms with van der Waals surface area (Å²) in [6.45, 7) is 2.28.